The molecule has 0 saturated carbocycles. The molecule has 1 aromatic rings. The summed E-state index contributed by atoms with van der Waals surface area (Å²) >= 11 is 0. The van der Waals surface area contributed by atoms with Gasteiger partial charge >= 0.3 is 5.97 Å². The second-order valence-corrected chi connectivity index (χ2v) is 3.31. The summed E-state index contributed by atoms with van der Waals surface area (Å²) in [5, 5.41) is 11.3. The highest BCUT2D eigenvalue weighted by atomic mass is 16.4. The molecular weight excluding hydrogens is 208 g/mol. The van der Waals surface area contributed by atoms with Gasteiger partial charge < -0.3 is 16.2 Å². The Morgan fingerprint density at radius 1 is 1.31 bits per heavy atom. The molecule has 16 heavy (non-hydrogen) atoms. The molecule has 0 unspecified atom stereocenters. The molecule has 0 saturated heterocycles. The summed E-state index contributed by atoms with van der Waals surface area (Å²) < 4.78 is 0. The molecule has 0 heterocycles. The molecule has 0 aliphatic rings. The van der Waals surface area contributed by atoms with Crippen molar-refractivity contribution in [3.63, 3.8) is 0 Å². The lowest BCUT2D eigenvalue weighted by molar-refractivity contribution is -0.136. The van der Waals surface area contributed by atoms with E-state index in [2.05, 4.69) is 5.32 Å². The number of anilines is 1. The molecule has 0 aliphatic carbocycles. The first-order valence-electron chi connectivity index (χ1n) is 4.93. The van der Waals surface area contributed by atoms with Crippen molar-refractivity contribution in [1.82, 2.24) is 0 Å². The zero-order valence-corrected chi connectivity index (χ0v) is 8.77. The van der Waals surface area contributed by atoms with Gasteiger partial charge in [0.2, 0.25) is 5.91 Å². The van der Waals surface area contributed by atoms with E-state index in [9.17, 15) is 9.59 Å². The normalized spacial score (nSPS) is 9.81. The van der Waals surface area contributed by atoms with Crippen LogP contribution in [-0.2, 0) is 16.0 Å². The lowest BCUT2D eigenvalue weighted by atomic mass is 10.1. The monoisotopic (exact) mass is 222 g/mol. The third-order valence-corrected chi connectivity index (χ3v) is 2.00. The van der Waals surface area contributed by atoms with Crippen LogP contribution in [0.4, 0.5) is 5.69 Å². The fraction of sp³-hybridized carbons (Fsp3) is 0.273. The maximum Gasteiger partial charge on any atom is 0.307 e. The van der Waals surface area contributed by atoms with Gasteiger partial charge in [-0.15, -0.1) is 0 Å². The van der Waals surface area contributed by atoms with Crippen molar-refractivity contribution in [2.24, 2.45) is 5.73 Å². The number of para-hydroxylation sites is 1. The number of aliphatic carboxylic acids is 1. The second kappa shape index (κ2) is 5.87. The molecule has 0 spiro atoms. The maximum atomic E-state index is 11.3. The van der Waals surface area contributed by atoms with E-state index in [-0.39, 0.29) is 25.3 Å². The maximum absolute atomic E-state index is 11.3. The Morgan fingerprint density at radius 3 is 2.62 bits per heavy atom. The van der Waals surface area contributed by atoms with Gasteiger partial charge in [-0.1, -0.05) is 18.2 Å². The van der Waals surface area contributed by atoms with E-state index in [1.807, 2.05) is 0 Å². The van der Waals surface area contributed by atoms with E-state index in [1.165, 1.54) is 0 Å². The van der Waals surface area contributed by atoms with Gasteiger partial charge in [0.05, 0.1) is 6.42 Å². The zero-order valence-electron chi connectivity index (χ0n) is 8.77. The van der Waals surface area contributed by atoms with E-state index in [4.69, 9.17) is 10.8 Å². The number of rotatable bonds is 5. The molecule has 5 heteroatoms. The number of amides is 1. The summed E-state index contributed by atoms with van der Waals surface area (Å²) in [5.41, 5.74) is 6.36. The number of carbonyl (C=O) groups is 2. The van der Waals surface area contributed by atoms with Crippen LogP contribution >= 0.6 is 0 Å². The Labute approximate surface area is 93.3 Å². The SMILES string of the molecule is NCCC(=O)Nc1ccccc1CC(=O)O. The molecule has 1 rings (SSSR count). The van der Waals surface area contributed by atoms with Crippen molar-refractivity contribution in [3.8, 4) is 0 Å². The van der Waals surface area contributed by atoms with E-state index >= 15 is 0 Å². The lowest BCUT2D eigenvalue weighted by Gasteiger charge is -2.08. The number of benzene rings is 1. The molecule has 1 aromatic carbocycles. The molecule has 0 atom stereocenters. The Morgan fingerprint density at radius 2 is 2.00 bits per heavy atom. The highest BCUT2D eigenvalue weighted by Crippen LogP contribution is 2.15. The van der Waals surface area contributed by atoms with E-state index in [0.29, 0.717) is 11.3 Å². The molecular formula is C11H14N2O3. The van der Waals surface area contributed by atoms with Gasteiger partial charge in [0.15, 0.2) is 0 Å². The molecule has 0 fully saturated rings. The predicted octanol–water partition coefficient (Wildman–Crippen LogP) is 0.601. The van der Waals surface area contributed by atoms with Crippen molar-refractivity contribution < 1.29 is 14.7 Å². The minimum Gasteiger partial charge on any atom is -0.481 e. The molecule has 0 aliphatic heterocycles. The summed E-state index contributed by atoms with van der Waals surface area (Å²) in [5.74, 6) is -1.14. The van der Waals surface area contributed by atoms with Crippen molar-refractivity contribution in [2.45, 2.75) is 12.8 Å². The molecule has 1 amide bonds. The molecule has 0 radical (unpaired) electrons. The van der Waals surface area contributed by atoms with Crippen LogP contribution < -0.4 is 11.1 Å². The Kier molecular flexibility index (Phi) is 4.47. The average Bonchev–Trinajstić information content (AvgIpc) is 2.20. The summed E-state index contributed by atoms with van der Waals surface area (Å²) in [4.78, 5) is 21.9. The number of hydrogen-bond acceptors (Lipinski definition) is 3. The van der Waals surface area contributed by atoms with Crippen LogP contribution in [0, 0.1) is 0 Å². The number of carboxylic acids is 1. The first-order valence-corrected chi connectivity index (χ1v) is 4.93. The highest BCUT2D eigenvalue weighted by Gasteiger charge is 2.08. The zero-order chi connectivity index (χ0) is 12.0. The van der Waals surface area contributed by atoms with Gasteiger partial charge in [0.1, 0.15) is 0 Å². The smallest absolute Gasteiger partial charge is 0.307 e. The first-order chi connectivity index (χ1) is 7.63. The van der Waals surface area contributed by atoms with Crippen LogP contribution in [0.25, 0.3) is 0 Å². The van der Waals surface area contributed by atoms with Crippen LogP contribution in [0.1, 0.15) is 12.0 Å². The van der Waals surface area contributed by atoms with Crippen molar-refractivity contribution >= 4 is 17.6 Å². The van der Waals surface area contributed by atoms with Gasteiger partial charge in [-0.25, -0.2) is 0 Å². The molecule has 4 N–H and O–H groups in total. The number of carbonyl (C=O) groups excluding carboxylic acids is 1. The summed E-state index contributed by atoms with van der Waals surface area (Å²) in [7, 11) is 0. The number of hydrogen-bond donors (Lipinski definition) is 3. The van der Waals surface area contributed by atoms with Gasteiger partial charge in [-0.3, -0.25) is 9.59 Å². The topological polar surface area (TPSA) is 92.4 Å². The van der Waals surface area contributed by atoms with Crippen LogP contribution in [0.15, 0.2) is 24.3 Å². The minimum absolute atomic E-state index is 0.112. The van der Waals surface area contributed by atoms with Crippen molar-refractivity contribution in [3.05, 3.63) is 29.8 Å². The lowest BCUT2D eigenvalue weighted by Crippen LogP contribution is -2.17. The number of nitrogens with two attached hydrogens (primary N) is 1. The van der Waals surface area contributed by atoms with E-state index < -0.39 is 5.97 Å². The van der Waals surface area contributed by atoms with Gasteiger partial charge in [-0.05, 0) is 11.6 Å². The van der Waals surface area contributed by atoms with Crippen LogP contribution in [0.5, 0.6) is 0 Å². The summed E-state index contributed by atoms with van der Waals surface area (Å²) in [6.45, 7) is 0.271. The van der Waals surface area contributed by atoms with Crippen LogP contribution in [0.2, 0.25) is 0 Å². The van der Waals surface area contributed by atoms with Crippen molar-refractivity contribution in [2.75, 3.05) is 11.9 Å². The summed E-state index contributed by atoms with van der Waals surface area (Å²) in [6.07, 6.45) is 0.112. The van der Waals surface area contributed by atoms with Crippen LogP contribution in [-0.4, -0.2) is 23.5 Å². The van der Waals surface area contributed by atoms with E-state index in [1.54, 1.807) is 24.3 Å². The predicted molar refractivity (Wildman–Crippen MR) is 60.1 cm³/mol. The Balaban J connectivity index is 2.78. The molecule has 0 aromatic heterocycles. The fourth-order valence-corrected chi connectivity index (χ4v) is 1.30. The third-order valence-electron chi connectivity index (χ3n) is 2.00. The summed E-state index contributed by atoms with van der Waals surface area (Å²) in [6, 6.07) is 6.82. The number of nitrogens with one attached hydrogen (secondary N) is 1. The molecule has 0 bridgehead atoms. The molecule has 86 valence electrons. The Bertz CT molecular complexity index is 391. The second-order valence-electron chi connectivity index (χ2n) is 3.31. The first kappa shape index (κ1) is 12.2. The molecule has 5 nitrogen and oxygen atoms in total. The van der Waals surface area contributed by atoms with Crippen LogP contribution in [0.3, 0.4) is 0 Å². The van der Waals surface area contributed by atoms with Gasteiger partial charge in [-0.2, -0.15) is 0 Å². The third kappa shape index (κ3) is 3.70. The van der Waals surface area contributed by atoms with E-state index in [0.717, 1.165) is 0 Å². The minimum atomic E-state index is -0.930. The van der Waals surface area contributed by atoms with Gasteiger partial charge in [0, 0.05) is 18.7 Å². The largest absolute Gasteiger partial charge is 0.481 e. The number of carboxylic acid groups (broad SMARTS) is 1. The fourth-order valence-electron chi connectivity index (χ4n) is 1.30. The average molecular weight is 222 g/mol. The van der Waals surface area contributed by atoms with Gasteiger partial charge in [0.25, 0.3) is 0 Å². The quantitative estimate of drug-likeness (QED) is 0.680. The van der Waals surface area contributed by atoms with Crippen molar-refractivity contribution in [1.29, 1.82) is 0 Å². The highest BCUT2D eigenvalue weighted by molar-refractivity contribution is 5.92. The Hall–Kier alpha value is -1.88. The standard InChI is InChI=1S/C11H14N2O3/c12-6-5-10(14)13-9-4-2-1-3-8(9)7-11(15)16/h1-4H,5-7,12H2,(H,13,14)(H,15,16).